The second-order valence-corrected chi connectivity index (χ2v) is 12.4. The van der Waals surface area contributed by atoms with Gasteiger partial charge in [-0.05, 0) is 80.0 Å². The van der Waals surface area contributed by atoms with Gasteiger partial charge in [0.1, 0.15) is 4.83 Å². The van der Waals surface area contributed by atoms with Crippen LogP contribution in [0.5, 0.6) is 0 Å². The Morgan fingerprint density at radius 1 is 1.10 bits per heavy atom. The molecule has 0 saturated heterocycles. The Morgan fingerprint density at radius 2 is 1.77 bits per heavy atom. The maximum atomic E-state index is 11.4. The molecule has 166 valence electrons. The number of nitrogens with zero attached hydrogens (tertiary/aromatic N) is 1. The molecule has 2 N–H and O–H groups in total. The Morgan fingerprint density at radius 3 is 2.45 bits per heavy atom. The van der Waals surface area contributed by atoms with Crippen molar-refractivity contribution in [2.45, 2.75) is 71.6 Å². The van der Waals surface area contributed by atoms with Gasteiger partial charge >= 0.3 is 7.60 Å². The van der Waals surface area contributed by atoms with Crippen LogP contribution in [0.4, 0.5) is 0 Å². The maximum absolute atomic E-state index is 11.4. The van der Waals surface area contributed by atoms with Gasteiger partial charge in [0.05, 0.1) is 0 Å². The first-order valence-electron chi connectivity index (χ1n) is 11.1. The van der Waals surface area contributed by atoms with E-state index in [2.05, 4.69) is 52.0 Å². The molecule has 2 aromatic heterocycles. The molecule has 1 aliphatic rings. The molecule has 0 bridgehead atoms. The summed E-state index contributed by atoms with van der Waals surface area (Å²) in [5.41, 5.74) is 7.21. The van der Waals surface area contributed by atoms with Gasteiger partial charge in [-0.15, -0.1) is 11.3 Å². The molecule has 2 heterocycles. The average molecular weight is 458 g/mol. The molecule has 4 rings (SSSR count). The lowest BCUT2D eigenvalue weighted by atomic mass is 9.75. The molecule has 0 unspecified atom stereocenters. The SMILES string of the molecule is Cc1ccc(-c2c(C(C)(C)CCCP(=O)(O)O)c(C)nc3sc4c(c23)CCCC4)cc1. The predicted octanol–water partition coefficient (Wildman–Crippen LogP) is 6.69. The van der Waals surface area contributed by atoms with E-state index in [4.69, 9.17) is 4.98 Å². The Bertz CT molecular complexity index is 1160. The third kappa shape index (κ3) is 4.66. The summed E-state index contributed by atoms with van der Waals surface area (Å²) in [4.78, 5) is 26.4. The van der Waals surface area contributed by atoms with Crippen LogP contribution in [-0.4, -0.2) is 20.9 Å². The Balaban J connectivity index is 1.93. The maximum Gasteiger partial charge on any atom is 0.325 e. The van der Waals surface area contributed by atoms with Crippen molar-refractivity contribution >= 4 is 29.1 Å². The van der Waals surface area contributed by atoms with E-state index < -0.39 is 7.60 Å². The molecule has 31 heavy (non-hydrogen) atoms. The van der Waals surface area contributed by atoms with Crippen LogP contribution in [0.3, 0.4) is 0 Å². The quantitative estimate of drug-likeness (QED) is 0.404. The van der Waals surface area contributed by atoms with Crippen LogP contribution in [0.2, 0.25) is 0 Å². The van der Waals surface area contributed by atoms with E-state index in [1.807, 2.05) is 11.3 Å². The van der Waals surface area contributed by atoms with Gasteiger partial charge in [-0.2, -0.15) is 0 Å². The van der Waals surface area contributed by atoms with Crippen molar-refractivity contribution in [3.63, 3.8) is 0 Å². The molecule has 1 aliphatic carbocycles. The van der Waals surface area contributed by atoms with Crippen LogP contribution in [-0.2, 0) is 22.8 Å². The number of hydrogen-bond acceptors (Lipinski definition) is 3. The largest absolute Gasteiger partial charge is 0.325 e. The molecule has 4 nitrogen and oxygen atoms in total. The summed E-state index contributed by atoms with van der Waals surface area (Å²) < 4.78 is 11.4. The fraction of sp³-hybridized carbons (Fsp3) is 0.480. The summed E-state index contributed by atoms with van der Waals surface area (Å²) in [5.74, 6) is 0. The summed E-state index contributed by atoms with van der Waals surface area (Å²) in [6.45, 7) is 8.59. The topological polar surface area (TPSA) is 70.4 Å². The summed E-state index contributed by atoms with van der Waals surface area (Å²) in [6.07, 6.45) is 5.85. The number of thiophene rings is 1. The second-order valence-electron chi connectivity index (χ2n) is 9.58. The molecule has 6 heteroatoms. The van der Waals surface area contributed by atoms with E-state index >= 15 is 0 Å². The number of rotatable bonds is 6. The second kappa shape index (κ2) is 8.44. The summed E-state index contributed by atoms with van der Waals surface area (Å²) >= 11 is 1.85. The van der Waals surface area contributed by atoms with E-state index in [1.54, 1.807) is 0 Å². The fourth-order valence-corrected chi connectivity index (χ4v) is 6.98. The van der Waals surface area contributed by atoms with Crippen LogP contribution in [0.1, 0.15) is 66.8 Å². The normalized spacial score (nSPS) is 14.8. The molecule has 1 aromatic carbocycles. The standard InChI is InChI=1S/C25H32NO3PS/c1-16-10-12-18(13-11-16)21-22-19-8-5-6-9-20(19)31-24(22)26-17(2)23(21)25(3,4)14-7-15-30(27,28)29/h10-13H,5-9,14-15H2,1-4H3,(H2,27,28,29). The van der Waals surface area contributed by atoms with Crippen LogP contribution in [0.25, 0.3) is 21.3 Å². The van der Waals surface area contributed by atoms with Gasteiger partial charge in [0.15, 0.2) is 0 Å². The Kier molecular flexibility index (Phi) is 6.17. The van der Waals surface area contributed by atoms with Crippen molar-refractivity contribution in [3.05, 3.63) is 51.5 Å². The average Bonchev–Trinajstić information content (AvgIpc) is 3.04. The number of aryl methyl sites for hydroxylation is 4. The predicted molar refractivity (Wildman–Crippen MR) is 130 cm³/mol. The summed E-state index contributed by atoms with van der Waals surface area (Å²) in [6, 6.07) is 8.76. The van der Waals surface area contributed by atoms with Gasteiger partial charge in [-0.1, -0.05) is 43.7 Å². The van der Waals surface area contributed by atoms with E-state index in [0.29, 0.717) is 12.8 Å². The number of aromatic nitrogens is 1. The van der Waals surface area contributed by atoms with Crippen molar-refractivity contribution in [1.82, 2.24) is 4.98 Å². The lowest BCUT2D eigenvalue weighted by Crippen LogP contribution is -2.21. The van der Waals surface area contributed by atoms with Crippen molar-refractivity contribution in [3.8, 4) is 11.1 Å². The first-order chi connectivity index (χ1) is 14.6. The zero-order valence-electron chi connectivity index (χ0n) is 18.9. The molecular formula is C25H32NO3PS. The van der Waals surface area contributed by atoms with E-state index in [9.17, 15) is 14.4 Å². The first-order valence-corrected chi connectivity index (χ1v) is 13.8. The molecule has 0 amide bonds. The van der Waals surface area contributed by atoms with Crippen LogP contribution < -0.4 is 0 Å². The third-order valence-corrected chi connectivity index (χ3v) is 8.64. The Hall–Kier alpha value is -1.52. The zero-order valence-corrected chi connectivity index (χ0v) is 20.6. The number of benzene rings is 1. The van der Waals surface area contributed by atoms with Gasteiger partial charge in [0, 0.05) is 22.1 Å². The molecular weight excluding hydrogens is 425 g/mol. The third-order valence-electron chi connectivity index (χ3n) is 6.55. The monoisotopic (exact) mass is 457 g/mol. The van der Waals surface area contributed by atoms with Crippen molar-refractivity contribution < 1.29 is 14.4 Å². The highest BCUT2D eigenvalue weighted by atomic mass is 32.1. The molecule has 0 fully saturated rings. The molecule has 0 atom stereocenters. The first kappa shape index (κ1) is 22.7. The van der Waals surface area contributed by atoms with Crippen molar-refractivity contribution in [2.75, 3.05) is 6.16 Å². The van der Waals surface area contributed by atoms with Gasteiger partial charge in [-0.3, -0.25) is 4.57 Å². The molecule has 0 radical (unpaired) electrons. The number of hydrogen-bond donors (Lipinski definition) is 2. The fourth-order valence-electron chi connectivity index (χ4n) is 5.09. The van der Waals surface area contributed by atoms with Crippen LogP contribution in [0, 0.1) is 13.8 Å². The van der Waals surface area contributed by atoms with Gasteiger partial charge in [0.2, 0.25) is 0 Å². The number of pyridine rings is 1. The van der Waals surface area contributed by atoms with Crippen molar-refractivity contribution in [2.24, 2.45) is 0 Å². The lowest BCUT2D eigenvalue weighted by molar-refractivity contribution is 0.366. The minimum atomic E-state index is -3.99. The van der Waals surface area contributed by atoms with Crippen molar-refractivity contribution in [1.29, 1.82) is 0 Å². The summed E-state index contributed by atoms with van der Waals surface area (Å²) in [7, 11) is -3.99. The van der Waals surface area contributed by atoms with E-state index in [0.717, 1.165) is 23.4 Å². The lowest BCUT2D eigenvalue weighted by Gasteiger charge is -2.30. The molecule has 0 saturated carbocycles. The summed E-state index contributed by atoms with van der Waals surface area (Å²) in [5, 5.41) is 1.31. The van der Waals surface area contributed by atoms with Crippen LogP contribution in [0.15, 0.2) is 24.3 Å². The minimum absolute atomic E-state index is 0.0706. The zero-order chi connectivity index (χ0) is 22.4. The molecule has 0 spiro atoms. The highest BCUT2D eigenvalue weighted by Crippen LogP contribution is 2.47. The van der Waals surface area contributed by atoms with Gasteiger partial charge in [0.25, 0.3) is 0 Å². The number of fused-ring (bicyclic) bond motifs is 3. The highest BCUT2D eigenvalue weighted by Gasteiger charge is 2.31. The Labute approximate surface area is 188 Å². The minimum Gasteiger partial charge on any atom is -0.324 e. The smallest absolute Gasteiger partial charge is 0.324 e. The van der Waals surface area contributed by atoms with Gasteiger partial charge in [-0.25, -0.2) is 4.98 Å². The van der Waals surface area contributed by atoms with E-state index in [-0.39, 0.29) is 11.6 Å². The van der Waals surface area contributed by atoms with Crippen LogP contribution >= 0.6 is 18.9 Å². The molecule has 3 aromatic rings. The van der Waals surface area contributed by atoms with E-state index in [1.165, 1.54) is 50.9 Å². The highest BCUT2D eigenvalue weighted by molar-refractivity contribution is 7.51. The van der Waals surface area contributed by atoms with Gasteiger partial charge < -0.3 is 9.79 Å². The molecule has 0 aliphatic heterocycles.